The number of pyridine rings is 1. The van der Waals surface area contributed by atoms with Crippen molar-refractivity contribution in [3.63, 3.8) is 0 Å². The van der Waals surface area contributed by atoms with E-state index in [9.17, 15) is 21.8 Å². The molecule has 3 heterocycles. The molecule has 0 spiro atoms. The van der Waals surface area contributed by atoms with Gasteiger partial charge in [0.15, 0.2) is 5.83 Å². The number of hydrogen-bond donors (Lipinski definition) is 4. The van der Waals surface area contributed by atoms with E-state index in [2.05, 4.69) is 25.6 Å². The molecule has 1 unspecified atom stereocenters. The molecule has 1 atom stereocenters. The molecule has 0 radical (unpaired) electrons. The maximum absolute atomic E-state index is 14.4. The highest BCUT2D eigenvalue weighted by Crippen LogP contribution is 2.55. The van der Waals surface area contributed by atoms with Crippen LogP contribution >= 0.6 is 0 Å². The van der Waals surface area contributed by atoms with E-state index in [0.29, 0.717) is 19.1 Å². The molecule has 0 bridgehead atoms. The Morgan fingerprint density at radius 2 is 2.12 bits per heavy atom. The SMILES string of the molecule is CN/C(=C(/F)C=N)c1cc(C2(S(C)(=N)=O)CC2)c2c(n1)c(-c1ccn[nH]1)nn2CC(F)(F)F. The van der Waals surface area contributed by atoms with Gasteiger partial charge in [-0.1, -0.05) is 0 Å². The number of rotatable bonds is 7. The summed E-state index contributed by atoms with van der Waals surface area (Å²) >= 11 is 0. The Balaban J connectivity index is 2.16. The molecule has 3 aromatic heterocycles. The zero-order chi connectivity index (χ0) is 24.2. The third-order valence-electron chi connectivity index (χ3n) is 5.59. The molecule has 1 fully saturated rings. The average Bonchev–Trinajstić information content (AvgIpc) is 3.24. The standard InChI is InChI=1S/C19H20F4N8OS/c1-26-14(11(20)8-24)13-7-10(18(4-5-18)33(2,25)32)17-16(28-13)15(12-3-6-27-29-12)30-31(17)9-19(21,22)23/h3,6-8,24-26H,4-5,9H2,1-2H3,(H,27,29)/b14-11+,24-8?. The molecule has 33 heavy (non-hydrogen) atoms. The monoisotopic (exact) mass is 484 g/mol. The number of hydrogen-bond acceptors (Lipinski definition) is 7. The molecule has 1 saturated carbocycles. The first-order valence-corrected chi connectivity index (χ1v) is 11.7. The lowest BCUT2D eigenvalue weighted by atomic mass is 10.1. The van der Waals surface area contributed by atoms with Crippen LogP contribution in [-0.4, -0.2) is 54.9 Å². The van der Waals surface area contributed by atoms with Gasteiger partial charge in [0.25, 0.3) is 0 Å². The second-order valence-electron chi connectivity index (χ2n) is 7.80. The fourth-order valence-electron chi connectivity index (χ4n) is 3.94. The van der Waals surface area contributed by atoms with E-state index in [4.69, 9.17) is 10.2 Å². The number of aromatic nitrogens is 5. The lowest BCUT2D eigenvalue weighted by Crippen LogP contribution is -2.23. The molecule has 176 valence electrons. The van der Waals surface area contributed by atoms with Gasteiger partial charge < -0.3 is 10.7 Å². The lowest BCUT2D eigenvalue weighted by Gasteiger charge is -2.20. The van der Waals surface area contributed by atoms with Crippen molar-refractivity contribution in [2.75, 3.05) is 13.3 Å². The first-order valence-electron chi connectivity index (χ1n) is 9.72. The minimum Gasteiger partial charge on any atom is -0.384 e. The normalized spacial score (nSPS) is 18.0. The van der Waals surface area contributed by atoms with Gasteiger partial charge in [0.05, 0.1) is 43.3 Å². The maximum atomic E-state index is 14.4. The van der Waals surface area contributed by atoms with Crippen LogP contribution in [0.3, 0.4) is 0 Å². The molecule has 3 aromatic rings. The van der Waals surface area contributed by atoms with Gasteiger partial charge in [0, 0.05) is 25.1 Å². The van der Waals surface area contributed by atoms with E-state index >= 15 is 0 Å². The first kappa shape index (κ1) is 22.9. The van der Waals surface area contributed by atoms with Gasteiger partial charge in [-0.2, -0.15) is 23.4 Å². The predicted octanol–water partition coefficient (Wildman–Crippen LogP) is 3.56. The molecular formula is C19H20F4N8OS. The third-order valence-corrected chi connectivity index (χ3v) is 7.71. The van der Waals surface area contributed by atoms with Crippen molar-refractivity contribution in [3.05, 3.63) is 35.4 Å². The van der Waals surface area contributed by atoms with Crippen molar-refractivity contribution in [1.82, 2.24) is 30.3 Å². The van der Waals surface area contributed by atoms with E-state index in [1.807, 2.05) is 0 Å². The number of nitrogens with one attached hydrogen (secondary N) is 4. The molecule has 0 amide bonds. The average molecular weight is 484 g/mol. The highest BCUT2D eigenvalue weighted by atomic mass is 32.2. The topological polar surface area (TPSA) is 136 Å². The quantitative estimate of drug-likeness (QED) is 0.300. The van der Waals surface area contributed by atoms with Gasteiger partial charge in [-0.3, -0.25) is 14.6 Å². The minimum atomic E-state index is -4.62. The van der Waals surface area contributed by atoms with Crippen molar-refractivity contribution in [3.8, 4) is 11.4 Å². The zero-order valence-corrected chi connectivity index (χ0v) is 18.4. The van der Waals surface area contributed by atoms with E-state index < -0.39 is 33.0 Å². The molecule has 0 saturated heterocycles. The number of allylic oxidation sites excluding steroid dienone is 1. The van der Waals surface area contributed by atoms with Crippen LogP contribution in [-0.2, 0) is 21.0 Å². The van der Waals surface area contributed by atoms with Crippen molar-refractivity contribution in [1.29, 1.82) is 10.2 Å². The van der Waals surface area contributed by atoms with E-state index in [1.54, 1.807) is 0 Å². The fourth-order valence-corrected chi connectivity index (χ4v) is 5.39. The van der Waals surface area contributed by atoms with Gasteiger partial charge in [0.2, 0.25) is 0 Å². The fraction of sp³-hybridized carbons (Fsp3) is 0.368. The summed E-state index contributed by atoms with van der Waals surface area (Å²) in [6.07, 6.45) is -0.889. The molecule has 0 aromatic carbocycles. The summed E-state index contributed by atoms with van der Waals surface area (Å²) in [6, 6.07) is 2.84. The van der Waals surface area contributed by atoms with Crippen molar-refractivity contribution in [2.45, 2.75) is 30.3 Å². The van der Waals surface area contributed by atoms with Crippen LogP contribution in [0.2, 0.25) is 0 Å². The van der Waals surface area contributed by atoms with E-state index in [0.717, 1.165) is 4.68 Å². The maximum Gasteiger partial charge on any atom is 0.408 e. The highest BCUT2D eigenvalue weighted by Gasteiger charge is 2.53. The minimum absolute atomic E-state index is 0.0106. The Morgan fingerprint density at radius 1 is 1.42 bits per heavy atom. The van der Waals surface area contributed by atoms with Crippen molar-refractivity contribution < 1.29 is 21.8 Å². The Kier molecular flexibility index (Phi) is 5.30. The van der Waals surface area contributed by atoms with E-state index in [1.165, 1.54) is 31.6 Å². The number of halogens is 4. The number of fused-ring (bicyclic) bond motifs is 1. The van der Waals surface area contributed by atoms with Gasteiger partial charge in [-0.05, 0) is 25.0 Å². The molecule has 1 aliphatic carbocycles. The third kappa shape index (κ3) is 3.87. The van der Waals surface area contributed by atoms with E-state index in [-0.39, 0.29) is 39.4 Å². The summed E-state index contributed by atoms with van der Waals surface area (Å²) < 4.78 is 75.4. The summed E-state index contributed by atoms with van der Waals surface area (Å²) in [5, 5.41) is 20.4. The molecule has 1 aliphatic rings. The number of alkyl halides is 3. The van der Waals surface area contributed by atoms with Gasteiger partial charge in [-0.15, -0.1) is 0 Å². The molecule has 4 rings (SSSR count). The first-order chi connectivity index (χ1) is 15.4. The molecule has 4 N–H and O–H groups in total. The summed E-state index contributed by atoms with van der Waals surface area (Å²) in [5.74, 6) is -0.950. The summed E-state index contributed by atoms with van der Waals surface area (Å²) in [6.45, 7) is -1.44. The van der Waals surface area contributed by atoms with Crippen LogP contribution in [0.1, 0.15) is 24.1 Å². The number of aromatic amines is 1. The molecule has 9 nitrogen and oxygen atoms in total. The predicted molar refractivity (Wildman–Crippen MR) is 115 cm³/mol. The van der Waals surface area contributed by atoms with Gasteiger partial charge in [-0.25, -0.2) is 13.6 Å². The van der Waals surface area contributed by atoms with Crippen LogP contribution in [0.4, 0.5) is 17.6 Å². The van der Waals surface area contributed by atoms with Crippen LogP contribution in [0.5, 0.6) is 0 Å². The van der Waals surface area contributed by atoms with Gasteiger partial charge in [0.1, 0.15) is 17.8 Å². The van der Waals surface area contributed by atoms with Crippen molar-refractivity contribution >= 4 is 32.7 Å². The van der Waals surface area contributed by atoms with Crippen LogP contribution in [0.15, 0.2) is 24.2 Å². The Labute approximate surface area is 185 Å². The van der Waals surface area contributed by atoms with Crippen LogP contribution < -0.4 is 5.32 Å². The second kappa shape index (κ2) is 7.64. The van der Waals surface area contributed by atoms with Crippen LogP contribution in [0, 0.1) is 10.2 Å². The Hall–Kier alpha value is -3.29. The van der Waals surface area contributed by atoms with Crippen LogP contribution in [0.25, 0.3) is 28.1 Å². The van der Waals surface area contributed by atoms with Gasteiger partial charge >= 0.3 is 6.18 Å². The summed E-state index contributed by atoms with van der Waals surface area (Å²) in [5.41, 5.74) is 0.315. The Bertz CT molecular complexity index is 1370. The largest absolute Gasteiger partial charge is 0.408 e. The zero-order valence-electron chi connectivity index (χ0n) is 17.5. The summed E-state index contributed by atoms with van der Waals surface area (Å²) in [7, 11) is -1.85. The lowest BCUT2D eigenvalue weighted by molar-refractivity contribution is -0.141. The molecule has 0 aliphatic heterocycles. The number of nitrogens with zero attached hydrogens (tertiary/aromatic N) is 4. The number of H-pyrrole nitrogens is 1. The molecule has 14 heteroatoms. The second-order valence-corrected chi connectivity index (χ2v) is 10.3. The summed E-state index contributed by atoms with van der Waals surface area (Å²) in [4.78, 5) is 4.39. The van der Waals surface area contributed by atoms with Crippen molar-refractivity contribution in [2.24, 2.45) is 0 Å². The Morgan fingerprint density at radius 3 is 2.61 bits per heavy atom. The molecular weight excluding hydrogens is 464 g/mol. The smallest absolute Gasteiger partial charge is 0.384 e. The highest BCUT2D eigenvalue weighted by molar-refractivity contribution is 7.93.